The molecule has 0 bridgehead atoms. The molecular formula is C20H13N3OS2. The van der Waals surface area contributed by atoms with Crippen LogP contribution in [-0.4, -0.2) is 17.1 Å². The molecule has 4 aromatic rings. The number of aromatic nitrogens is 2. The van der Waals surface area contributed by atoms with Crippen molar-refractivity contribution < 1.29 is 4.74 Å². The average molecular weight is 375 g/mol. The number of benzene rings is 2. The lowest BCUT2D eigenvalue weighted by atomic mass is 10.1. The second kappa shape index (κ2) is 7.08. The summed E-state index contributed by atoms with van der Waals surface area (Å²) < 4.78 is 6.29. The molecule has 26 heavy (non-hydrogen) atoms. The van der Waals surface area contributed by atoms with Crippen LogP contribution in [0.2, 0.25) is 0 Å². The predicted octanol–water partition coefficient (Wildman–Crippen LogP) is 5.49. The summed E-state index contributed by atoms with van der Waals surface area (Å²) >= 11 is 3.06. The molecule has 0 spiro atoms. The van der Waals surface area contributed by atoms with Crippen molar-refractivity contribution in [3.63, 3.8) is 0 Å². The molecule has 4 rings (SSSR count). The summed E-state index contributed by atoms with van der Waals surface area (Å²) in [6.45, 7) is 0. The van der Waals surface area contributed by atoms with E-state index in [-0.39, 0.29) is 0 Å². The van der Waals surface area contributed by atoms with Crippen LogP contribution in [0.5, 0.6) is 5.75 Å². The molecule has 4 nitrogen and oxygen atoms in total. The number of nitrogens with zero attached hydrogens (tertiary/aromatic N) is 3. The van der Waals surface area contributed by atoms with E-state index in [0.717, 1.165) is 32.2 Å². The third kappa shape index (κ3) is 3.23. The third-order valence-electron chi connectivity index (χ3n) is 3.79. The van der Waals surface area contributed by atoms with E-state index < -0.39 is 0 Å². The zero-order chi connectivity index (χ0) is 17.9. The number of para-hydroxylation sites is 1. The highest BCUT2D eigenvalue weighted by atomic mass is 32.1. The Balaban J connectivity index is 1.66. The van der Waals surface area contributed by atoms with E-state index >= 15 is 0 Å². The number of hydrogen-bond acceptors (Lipinski definition) is 6. The average Bonchev–Trinajstić information content (AvgIpc) is 3.33. The Bertz CT molecular complexity index is 1100. The maximum absolute atomic E-state index is 9.55. The monoisotopic (exact) mass is 375 g/mol. The second-order valence-electron chi connectivity index (χ2n) is 5.47. The van der Waals surface area contributed by atoms with Gasteiger partial charge in [0.15, 0.2) is 0 Å². The first-order valence-electron chi connectivity index (χ1n) is 7.84. The van der Waals surface area contributed by atoms with Gasteiger partial charge < -0.3 is 4.74 Å². The summed E-state index contributed by atoms with van der Waals surface area (Å²) in [4.78, 5) is 9.26. The summed E-state index contributed by atoms with van der Waals surface area (Å²) in [6, 6.07) is 17.8. The first-order valence-corrected chi connectivity index (χ1v) is 9.54. The van der Waals surface area contributed by atoms with Gasteiger partial charge in [-0.25, -0.2) is 9.97 Å². The molecule has 0 N–H and O–H groups in total. The Morgan fingerprint density at radius 2 is 1.92 bits per heavy atom. The van der Waals surface area contributed by atoms with Crippen molar-refractivity contribution in [3.05, 3.63) is 64.5 Å². The van der Waals surface area contributed by atoms with Gasteiger partial charge in [-0.2, -0.15) is 5.26 Å². The molecule has 0 unspecified atom stereocenters. The summed E-state index contributed by atoms with van der Waals surface area (Å²) in [5.74, 6) is 0.785. The molecule has 0 saturated carbocycles. The topological polar surface area (TPSA) is 58.8 Å². The van der Waals surface area contributed by atoms with Crippen molar-refractivity contribution in [2.45, 2.75) is 0 Å². The minimum atomic E-state index is 0.535. The molecule has 0 saturated heterocycles. The summed E-state index contributed by atoms with van der Waals surface area (Å²) in [5, 5.41) is 13.1. The van der Waals surface area contributed by atoms with Crippen LogP contribution in [0.3, 0.4) is 0 Å². The minimum absolute atomic E-state index is 0.535. The summed E-state index contributed by atoms with van der Waals surface area (Å²) in [7, 11) is 1.63. The van der Waals surface area contributed by atoms with Gasteiger partial charge in [0, 0.05) is 5.38 Å². The summed E-state index contributed by atoms with van der Waals surface area (Å²) in [6.07, 6.45) is 1.83. The summed E-state index contributed by atoms with van der Waals surface area (Å²) in [5.41, 5.74) is 3.24. The van der Waals surface area contributed by atoms with E-state index in [2.05, 4.69) is 16.0 Å². The Morgan fingerprint density at radius 3 is 2.65 bits per heavy atom. The molecule has 0 aliphatic rings. The van der Waals surface area contributed by atoms with Gasteiger partial charge in [0.25, 0.3) is 0 Å². The fourth-order valence-electron chi connectivity index (χ4n) is 2.49. The number of nitriles is 1. The molecular weight excluding hydrogens is 362 g/mol. The zero-order valence-electron chi connectivity index (χ0n) is 13.8. The third-order valence-corrected chi connectivity index (χ3v) is 5.73. The van der Waals surface area contributed by atoms with Crippen molar-refractivity contribution in [2.75, 3.05) is 7.11 Å². The van der Waals surface area contributed by atoms with Crippen molar-refractivity contribution >= 4 is 44.5 Å². The number of allylic oxidation sites excluding steroid dienone is 1. The number of methoxy groups -OCH3 is 1. The SMILES string of the molecule is COc1ccc(/C=C(\C#N)c2nc(-c3nc4ccccc4s3)cs2)cc1. The van der Waals surface area contributed by atoms with Gasteiger partial charge in [0.1, 0.15) is 27.5 Å². The molecule has 0 amide bonds. The van der Waals surface area contributed by atoms with E-state index in [1.807, 2.05) is 60.0 Å². The van der Waals surface area contributed by atoms with Crippen molar-refractivity contribution in [3.8, 4) is 22.5 Å². The maximum Gasteiger partial charge on any atom is 0.144 e. The van der Waals surface area contributed by atoms with Crippen LogP contribution >= 0.6 is 22.7 Å². The van der Waals surface area contributed by atoms with Crippen LogP contribution in [0.25, 0.3) is 32.6 Å². The highest BCUT2D eigenvalue weighted by Gasteiger charge is 2.12. The van der Waals surface area contributed by atoms with Gasteiger partial charge in [-0.05, 0) is 35.9 Å². The second-order valence-corrected chi connectivity index (χ2v) is 7.36. The molecule has 0 radical (unpaired) electrons. The van der Waals surface area contributed by atoms with Crippen LogP contribution in [0.15, 0.2) is 53.9 Å². The molecule has 0 atom stereocenters. The van der Waals surface area contributed by atoms with Crippen LogP contribution in [-0.2, 0) is 0 Å². The number of thiazole rings is 2. The number of ether oxygens (including phenoxy) is 1. The molecule has 6 heteroatoms. The lowest BCUT2D eigenvalue weighted by Gasteiger charge is -1.99. The molecule has 0 aliphatic heterocycles. The normalized spacial score (nSPS) is 11.5. The van der Waals surface area contributed by atoms with Gasteiger partial charge in [0.05, 0.1) is 22.9 Å². The number of rotatable bonds is 4. The largest absolute Gasteiger partial charge is 0.497 e. The molecule has 2 aromatic carbocycles. The van der Waals surface area contributed by atoms with Gasteiger partial charge in [0.2, 0.25) is 0 Å². The molecule has 0 aliphatic carbocycles. The van der Waals surface area contributed by atoms with Gasteiger partial charge in [-0.15, -0.1) is 22.7 Å². The standard InChI is InChI=1S/C20H13N3OS2/c1-24-15-8-6-13(7-9-15)10-14(11-21)19-23-17(12-25-19)20-22-16-4-2-3-5-18(16)26-20/h2-10,12H,1H3/b14-10+. The Hall–Kier alpha value is -3.01. The molecule has 2 aromatic heterocycles. The lowest BCUT2D eigenvalue weighted by molar-refractivity contribution is 0.415. The van der Waals surface area contributed by atoms with E-state index in [1.54, 1.807) is 18.4 Å². The molecule has 0 fully saturated rings. The Labute approximate surface area is 158 Å². The Morgan fingerprint density at radius 1 is 1.12 bits per heavy atom. The van der Waals surface area contributed by atoms with Gasteiger partial charge >= 0.3 is 0 Å². The number of fused-ring (bicyclic) bond motifs is 1. The van der Waals surface area contributed by atoms with Crippen LogP contribution in [0.4, 0.5) is 0 Å². The Kier molecular flexibility index (Phi) is 4.48. The lowest BCUT2D eigenvalue weighted by Crippen LogP contribution is -1.84. The van der Waals surface area contributed by atoms with E-state index in [1.165, 1.54) is 11.3 Å². The van der Waals surface area contributed by atoms with Gasteiger partial charge in [-0.1, -0.05) is 24.3 Å². The van der Waals surface area contributed by atoms with E-state index in [9.17, 15) is 5.26 Å². The highest BCUT2D eigenvalue weighted by Crippen LogP contribution is 2.32. The predicted molar refractivity (Wildman–Crippen MR) is 107 cm³/mol. The minimum Gasteiger partial charge on any atom is -0.497 e. The van der Waals surface area contributed by atoms with E-state index in [0.29, 0.717) is 10.6 Å². The number of hydrogen-bond donors (Lipinski definition) is 0. The van der Waals surface area contributed by atoms with Crippen molar-refractivity contribution in [1.82, 2.24) is 9.97 Å². The van der Waals surface area contributed by atoms with E-state index in [4.69, 9.17) is 4.74 Å². The zero-order valence-corrected chi connectivity index (χ0v) is 15.5. The fourth-order valence-corrected chi connectivity index (χ4v) is 4.26. The van der Waals surface area contributed by atoms with Crippen molar-refractivity contribution in [1.29, 1.82) is 5.26 Å². The maximum atomic E-state index is 9.55. The van der Waals surface area contributed by atoms with Crippen LogP contribution in [0, 0.1) is 11.3 Å². The highest BCUT2D eigenvalue weighted by molar-refractivity contribution is 7.22. The van der Waals surface area contributed by atoms with Gasteiger partial charge in [-0.3, -0.25) is 0 Å². The fraction of sp³-hybridized carbons (Fsp3) is 0.0500. The van der Waals surface area contributed by atoms with Crippen LogP contribution < -0.4 is 4.74 Å². The van der Waals surface area contributed by atoms with Crippen LogP contribution in [0.1, 0.15) is 10.6 Å². The smallest absolute Gasteiger partial charge is 0.144 e. The first kappa shape index (κ1) is 16.5. The first-order chi connectivity index (χ1) is 12.8. The quantitative estimate of drug-likeness (QED) is 0.442. The molecule has 126 valence electrons. The van der Waals surface area contributed by atoms with Crippen molar-refractivity contribution in [2.24, 2.45) is 0 Å². The molecule has 2 heterocycles.